The number of amides is 2. The summed E-state index contributed by atoms with van der Waals surface area (Å²) in [6.07, 6.45) is 6.73. The van der Waals surface area contributed by atoms with Gasteiger partial charge in [0.2, 0.25) is 5.91 Å². The molecule has 0 radical (unpaired) electrons. The largest absolute Gasteiger partial charge is 0.347 e. The molecule has 0 spiro atoms. The van der Waals surface area contributed by atoms with E-state index in [1.54, 1.807) is 12.5 Å². The lowest BCUT2D eigenvalue weighted by Gasteiger charge is -2.41. The molecule has 1 aliphatic heterocycles. The second-order valence-electron chi connectivity index (χ2n) is 7.22. The molecule has 2 atom stereocenters. The number of likely N-dealkylation sites (tertiary alicyclic amines) is 1. The van der Waals surface area contributed by atoms with E-state index in [4.69, 9.17) is 0 Å². The second kappa shape index (κ2) is 6.50. The van der Waals surface area contributed by atoms with Gasteiger partial charge < -0.3 is 14.8 Å². The SMILES string of the molecule is Cc1nsc(C)c1C(=O)N[C@@H]1CCC(=O)N(C2CC2)[C@H]1c1cncn1C. The Morgan fingerprint density at radius 3 is 2.65 bits per heavy atom. The maximum Gasteiger partial charge on any atom is 0.254 e. The fourth-order valence-electron chi connectivity index (χ4n) is 3.90. The zero-order chi connectivity index (χ0) is 18.4. The van der Waals surface area contributed by atoms with E-state index in [2.05, 4.69) is 14.7 Å². The van der Waals surface area contributed by atoms with E-state index in [0.29, 0.717) is 18.4 Å². The summed E-state index contributed by atoms with van der Waals surface area (Å²) in [5.41, 5.74) is 2.38. The van der Waals surface area contributed by atoms with Crippen molar-refractivity contribution < 1.29 is 9.59 Å². The van der Waals surface area contributed by atoms with Gasteiger partial charge in [0.1, 0.15) is 0 Å². The van der Waals surface area contributed by atoms with E-state index in [1.807, 2.05) is 30.4 Å². The molecule has 2 fully saturated rings. The van der Waals surface area contributed by atoms with Gasteiger partial charge in [-0.3, -0.25) is 9.59 Å². The molecule has 1 saturated heterocycles. The Morgan fingerprint density at radius 2 is 2.08 bits per heavy atom. The Balaban J connectivity index is 1.66. The monoisotopic (exact) mass is 373 g/mol. The average molecular weight is 373 g/mol. The molecule has 0 aromatic carbocycles. The second-order valence-corrected chi connectivity index (χ2v) is 8.20. The fraction of sp³-hybridized carbons (Fsp3) is 0.556. The van der Waals surface area contributed by atoms with E-state index < -0.39 is 0 Å². The first-order valence-electron chi connectivity index (χ1n) is 8.98. The van der Waals surface area contributed by atoms with Crippen LogP contribution in [0.2, 0.25) is 0 Å². The van der Waals surface area contributed by atoms with E-state index >= 15 is 0 Å². The molecule has 2 aromatic heterocycles. The molecule has 138 valence electrons. The molecule has 4 rings (SSSR count). The summed E-state index contributed by atoms with van der Waals surface area (Å²) in [7, 11) is 1.93. The summed E-state index contributed by atoms with van der Waals surface area (Å²) in [4.78, 5) is 32.7. The third kappa shape index (κ3) is 2.92. The molecular weight excluding hydrogens is 350 g/mol. The van der Waals surface area contributed by atoms with Crippen molar-refractivity contribution in [1.82, 2.24) is 24.1 Å². The number of nitrogens with zero attached hydrogens (tertiary/aromatic N) is 4. The van der Waals surface area contributed by atoms with Crippen LogP contribution >= 0.6 is 11.5 Å². The molecule has 2 amide bonds. The molecule has 8 heteroatoms. The molecular formula is C18H23N5O2S. The smallest absolute Gasteiger partial charge is 0.254 e. The van der Waals surface area contributed by atoms with Crippen LogP contribution in [0.5, 0.6) is 0 Å². The van der Waals surface area contributed by atoms with Gasteiger partial charge in [-0.15, -0.1) is 0 Å². The zero-order valence-corrected chi connectivity index (χ0v) is 16.0. The van der Waals surface area contributed by atoms with Gasteiger partial charge in [0.25, 0.3) is 5.91 Å². The normalized spacial score (nSPS) is 23.3. The average Bonchev–Trinajstić information content (AvgIpc) is 3.26. The lowest BCUT2D eigenvalue weighted by atomic mass is 9.92. The van der Waals surface area contributed by atoms with Gasteiger partial charge in [-0.05, 0) is 44.6 Å². The summed E-state index contributed by atoms with van der Waals surface area (Å²) in [5, 5.41) is 3.19. The fourth-order valence-corrected chi connectivity index (χ4v) is 4.60. The van der Waals surface area contributed by atoms with Crippen molar-refractivity contribution in [2.24, 2.45) is 7.05 Å². The molecule has 0 bridgehead atoms. The van der Waals surface area contributed by atoms with Crippen LogP contribution in [0.3, 0.4) is 0 Å². The number of rotatable bonds is 4. The van der Waals surface area contributed by atoms with Crippen LogP contribution in [-0.2, 0) is 11.8 Å². The predicted molar refractivity (Wildman–Crippen MR) is 97.9 cm³/mol. The van der Waals surface area contributed by atoms with Crippen molar-refractivity contribution in [2.75, 3.05) is 0 Å². The van der Waals surface area contributed by atoms with Gasteiger partial charge in [-0.2, -0.15) is 4.37 Å². The van der Waals surface area contributed by atoms with Crippen molar-refractivity contribution in [2.45, 2.75) is 57.7 Å². The molecule has 26 heavy (non-hydrogen) atoms. The zero-order valence-electron chi connectivity index (χ0n) is 15.2. The van der Waals surface area contributed by atoms with Crippen LogP contribution in [0.25, 0.3) is 0 Å². The number of aryl methyl sites for hydroxylation is 3. The summed E-state index contributed by atoms with van der Waals surface area (Å²) in [6.45, 7) is 3.77. The molecule has 0 unspecified atom stereocenters. The molecule has 2 aromatic rings. The van der Waals surface area contributed by atoms with Crippen LogP contribution in [-0.4, -0.2) is 42.7 Å². The Morgan fingerprint density at radius 1 is 1.31 bits per heavy atom. The van der Waals surface area contributed by atoms with Gasteiger partial charge in [-0.1, -0.05) is 0 Å². The summed E-state index contributed by atoms with van der Waals surface area (Å²) in [6, 6.07) is -0.0179. The number of carbonyl (C=O) groups excluding carboxylic acids is 2. The minimum atomic E-state index is -0.174. The van der Waals surface area contributed by atoms with Crippen molar-refractivity contribution in [3.8, 4) is 0 Å². The third-order valence-electron chi connectivity index (χ3n) is 5.31. The summed E-state index contributed by atoms with van der Waals surface area (Å²) < 4.78 is 6.23. The number of aromatic nitrogens is 3. The van der Waals surface area contributed by atoms with Crippen molar-refractivity contribution in [1.29, 1.82) is 0 Å². The van der Waals surface area contributed by atoms with Crippen molar-refractivity contribution in [3.05, 3.63) is 34.4 Å². The molecule has 1 saturated carbocycles. The molecule has 1 aliphatic carbocycles. The van der Waals surface area contributed by atoms with Crippen LogP contribution in [0.1, 0.15) is 58.3 Å². The molecule has 7 nitrogen and oxygen atoms in total. The number of piperidine rings is 1. The van der Waals surface area contributed by atoms with Crippen LogP contribution in [0.4, 0.5) is 0 Å². The molecule has 2 aliphatic rings. The minimum absolute atomic E-state index is 0.101. The number of imidazole rings is 1. The van der Waals surface area contributed by atoms with Crippen LogP contribution in [0, 0.1) is 13.8 Å². The highest BCUT2D eigenvalue weighted by molar-refractivity contribution is 7.06. The number of nitrogens with one attached hydrogen (secondary N) is 1. The Labute approximate surface area is 156 Å². The highest BCUT2D eigenvalue weighted by atomic mass is 32.1. The van der Waals surface area contributed by atoms with Crippen LogP contribution in [0.15, 0.2) is 12.5 Å². The highest BCUT2D eigenvalue weighted by Crippen LogP contribution is 2.40. The van der Waals surface area contributed by atoms with Crippen molar-refractivity contribution in [3.63, 3.8) is 0 Å². The minimum Gasteiger partial charge on any atom is -0.347 e. The van der Waals surface area contributed by atoms with Gasteiger partial charge >= 0.3 is 0 Å². The first kappa shape index (κ1) is 17.2. The summed E-state index contributed by atoms with van der Waals surface area (Å²) in [5.74, 6) is 0.0739. The van der Waals surface area contributed by atoms with Crippen LogP contribution < -0.4 is 5.32 Å². The lowest BCUT2D eigenvalue weighted by molar-refractivity contribution is -0.138. The predicted octanol–water partition coefficient (Wildman–Crippen LogP) is 2.12. The first-order chi connectivity index (χ1) is 12.5. The Hall–Kier alpha value is -2.22. The molecule has 3 heterocycles. The topological polar surface area (TPSA) is 80.1 Å². The van der Waals surface area contributed by atoms with Crippen molar-refractivity contribution >= 4 is 23.3 Å². The number of hydrogen-bond acceptors (Lipinski definition) is 5. The molecule has 1 N–H and O–H groups in total. The lowest BCUT2D eigenvalue weighted by Crippen LogP contribution is -2.53. The van der Waals surface area contributed by atoms with E-state index in [0.717, 1.165) is 29.1 Å². The van der Waals surface area contributed by atoms with E-state index in [-0.39, 0.29) is 29.9 Å². The van der Waals surface area contributed by atoms with Gasteiger partial charge in [-0.25, -0.2) is 4.98 Å². The quantitative estimate of drug-likeness (QED) is 0.890. The Kier molecular flexibility index (Phi) is 4.30. The first-order valence-corrected chi connectivity index (χ1v) is 9.76. The van der Waals surface area contributed by atoms with E-state index in [9.17, 15) is 9.59 Å². The van der Waals surface area contributed by atoms with Gasteiger partial charge in [0, 0.05) is 24.4 Å². The third-order valence-corrected chi connectivity index (χ3v) is 6.16. The maximum absolute atomic E-state index is 12.9. The highest BCUT2D eigenvalue weighted by Gasteiger charge is 2.45. The number of hydrogen-bond donors (Lipinski definition) is 1. The Bertz CT molecular complexity index is 834. The maximum atomic E-state index is 12.9. The standard InChI is InChI=1S/C18H23N5O2S/c1-10-16(11(2)26-21-10)18(25)20-13-6-7-15(24)23(12-4-5-12)17(13)14-8-19-9-22(14)3/h8-9,12-13,17H,4-7H2,1-3H3,(H,20,25)/t13-,17-/m1/s1. The van der Waals surface area contributed by atoms with E-state index in [1.165, 1.54) is 11.5 Å². The summed E-state index contributed by atoms with van der Waals surface area (Å²) >= 11 is 1.35. The number of carbonyl (C=O) groups is 2. The van der Waals surface area contributed by atoms with Gasteiger partial charge in [0.05, 0.1) is 41.6 Å². The van der Waals surface area contributed by atoms with Gasteiger partial charge in [0.15, 0.2) is 0 Å².